The molecule has 3 N–H and O–H groups in total. The number of likely N-dealkylation sites (tertiary alicyclic amines) is 1. The second-order valence-corrected chi connectivity index (χ2v) is 14.5. The second-order valence-electron chi connectivity index (χ2n) is 13.6. The summed E-state index contributed by atoms with van der Waals surface area (Å²) in [6.07, 6.45) is 5.32. The smallest absolute Gasteiger partial charge is 0.280 e. The minimum atomic E-state index is -0.202. The van der Waals surface area contributed by atoms with Gasteiger partial charge in [-0.1, -0.05) is 56.4 Å². The van der Waals surface area contributed by atoms with Crippen LogP contribution in [0.25, 0.3) is 21.5 Å². The zero-order valence-electron chi connectivity index (χ0n) is 26.0. The van der Waals surface area contributed by atoms with Crippen LogP contribution >= 0.6 is 11.3 Å². The lowest BCUT2D eigenvalue weighted by Gasteiger charge is -2.34. The first-order valence-corrected chi connectivity index (χ1v) is 16.5. The molecule has 3 aromatic heterocycles. The Bertz CT molecular complexity index is 1570. The third kappa shape index (κ3) is 6.54. The van der Waals surface area contributed by atoms with Gasteiger partial charge in [0.25, 0.3) is 5.91 Å². The van der Waals surface area contributed by atoms with Crippen molar-refractivity contribution in [2.45, 2.75) is 85.3 Å². The van der Waals surface area contributed by atoms with Crippen LogP contribution in [0.15, 0.2) is 30.3 Å². The molecule has 1 saturated heterocycles. The fourth-order valence-corrected chi connectivity index (χ4v) is 7.55. The maximum atomic E-state index is 13.7. The maximum absolute atomic E-state index is 13.7. The number of benzene rings is 1. The predicted molar refractivity (Wildman–Crippen MR) is 172 cm³/mol. The topological polar surface area (TPSA) is 107 Å². The van der Waals surface area contributed by atoms with Crippen molar-refractivity contribution in [1.29, 1.82) is 0 Å². The van der Waals surface area contributed by atoms with Crippen molar-refractivity contribution in [3.05, 3.63) is 63.5 Å². The molecule has 0 spiro atoms. The zero-order chi connectivity index (χ0) is 30.3. The molecule has 0 unspecified atom stereocenters. The Hall–Kier alpha value is -3.14. The number of aliphatic hydroxyl groups is 1. The number of fused-ring (bicyclic) bond motifs is 2. The molecule has 9 heteroatoms. The highest BCUT2D eigenvalue weighted by molar-refractivity contribution is 7.19. The van der Waals surface area contributed by atoms with Crippen molar-refractivity contribution < 1.29 is 9.90 Å². The van der Waals surface area contributed by atoms with Crippen LogP contribution < -0.4 is 5.32 Å². The minimum Gasteiger partial charge on any atom is -0.393 e. The lowest BCUT2D eigenvalue weighted by Crippen LogP contribution is -2.38. The third-order valence-corrected chi connectivity index (χ3v) is 10.5. The van der Waals surface area contributed by atoms with Crippen LogP contribution in [0.5, 0.6) is 0 Å². The lowest BCUT2D eigenvalue weighted by atomic mass is 9.71. The van der Waals surface area contributed by atoms with Gasteiger partial charge >= 0.3 is 0 Å². The van der Waals surface area contributed by atoms with E-state index in [1.807, 2.05) is 13.8 Å². The molecule has 1 aliphatic carbocycles. The summed E-state index contributed by atoms with van der Waals surface area (Å²) < 4.78 is 0. The number of carbonyl (C=O) groups excluding carboxylic acids is 1. The van der Waals surface area contributed by atoms with E-state index in [1.165, 1.54) is 16.9 Å². The van der Waals surface area contributed by atoms with Crippen molar-refractivity contribution in [3.63, 3.8) is 0 Å². The molecule has 0 radical (unpaired) electrons. The van der Waals surface area contributed by atoms with Gasteiger partial charge in [0.15, 0.2) is 5.01 Å². The lowest BCUT2D eigenvalue weighted by molar-refractivity contribution is 0.0795. The molecule has 1 aliphatic heterocycles. The summed E-state index contributed by atoms with van der Waals surface area (Å²) in [5.41, 5.74) is 8.84. The van der Waals surface area contributed by atoms with Crippen molar-refractivity contribution in [2.75, 3.05) is 19.6 Å². The summed E-state index contributed by atoms with van der Waals surface area (Å²) in [4.78, 5) is 26.7. The molecule has 2 atom stereocenters. The molecule has 1 amide bonds. The summed E-state index contributed by atoms with van der Waals surface area (Å²) >= 11 is 1.39. The Morgan fingerprint density at radius 1 is 1.14 bits per heavy atom. The van der Waals surface area contributed by atoms with Crippen molar-refractivity contribution in [3.8, 4) is 11.1 Å². The van der Waals surface area contributed by atoms with Crippen molar-refractivity contribution in [1.82, 2.24) is 30.4 Å². The molecule has 1 fully saturated rings. The van der Waals surface area contributed by atoms with Gasteiger partial charge in [0.2, 0.25) is 0 Å². The summed E-state index contributed by atoms with van der Waals surface area (Å²) in [5, 5.41) is 21.2. The van der Waals surface area contributed by atoms with Gasteiger partial charge in [-0.3, -0.25) is 9.89 Å². The number of aliphatic hydroxyl groups excluding tert-OH is 1. The number of aromatic amines is 1. The molecule has 8 nitrogen and oxygen atoms in total. The molecular weight excluding hydrogens is 556 g/mol. The Morgan fingerprint density at radius 2 is 1.88 bits per heavy atom. The molecule has 6 rings (SSSR count). The van der Waals surface area contributed by atoms with Crippen LogP contribution in [0, 0.1) is 25.2 Å². The highest BCUT2D eigenvalue weighted by Gasteiger charge is 2.30. The van der Waals surface area contributed by atoms with Crippen LogP contribution in [0.4, 0.5) is 0 Å². The largest absolute Gasteiger partial charge is 0.393 e. The maximum Gasteiger partial charge on any atom is 0.280 e. The minimum absolute atomic E-state index is 0.154. The number of aryl methyl sites for hydroxylation is 3. The highest BCUT2D eigenvalue weighted by Crippen LogP contribution is 2.38. The number of rotatable bonds is 7. The van der Waals surface area contributed by atoms with E-state index in [-0.39, 0.29) is 23.5 Å². The molecule has 43 heavy (non-hydrogen) atoms. The van der Waals surface area contributed by atoms with Gasteiger partial charge in [-0.25, -0.2) is 9.97 Å². The normalized spacial score (nSPS) is 19.0. The fraction of sp³-hybridized carbons (Fsp3) is 0.529. The number of hydrogen-bond acceptors (Lipinski definition) is 7. The van der Waals surface area contributed by atoms with Gasteiger partial charge in [0.05, 0.1) is 17.8 Å². The van der Waals surface area contributed by atoms with Crippen LogP contribution in [0.3, 0.4) is 0 Å². The van der Waals surface area contributed by atoms with E-state index < -0.39 is 0 Å². The third-order valence-electron chi connectivity index (χ3n) is 9.49. The number of hydrogen-bond donors (Lipinski definition) is 3. The summed E-state index contributed by atoms with van der Waals surface area (Å²) in [7, 11) is 0. The number of piperidine rings is 1. The van der Waals surface area contributed by atoms with E-state index >= 15 is 0 Å². The summed E-state index contributed by atoms with van der Waals surface area (Å²) in [6.45, 7) is 13.6. The van der Waals surface area contributed by atoms with Crippen LogP contribution in [-0.4, -0.2) is 61.8 Å². The van der Waals surface area contributed by atoms with Crippen LogP contribution in [0.2, 0.25) is 0 Å². The first kappa shape index (κ1) is 29.9. The molecule has 0 bridgehead atoms. The number of nitrogens with zero attached hydrogens (tertiary/aromatic N) is 4. The standard InChI is InChI=1S/C34H44N6O2S/c1-20-30(21(2)39-38-20)23-8-6-22(7-9-23)28(14-17-40-15-12-26(41)13-16-40)35-31(42)33-37-29-19-24-18-25(34(3,4)5)10-11-27(24)36-32(29)43-33/h6-9,19,25-26,28,41H,10-18H2,1-5H3,(H,35,42)(H,38,39)/t25-,28+/m0/s1. The number of amides is 1. The molecular formula is C34H44N6O2S. The van der Waals surface area contributed by atoms with Gasteiger partial charge < -0.3 is 15.3 Å². The average molecular weight is 601 g/mol. The quantitative estimate of drug-likeness (QED) is 0.234. The van der Waals surface area contributed by atoms with Crippen LogP contribution in [0.1, 0.15) is 90.5 Å². The van der Waals surface area contributed by atoms with Gasteiger partial charge in [-0.15, -0.1) is 0 Å². The molecule has 1 aromatic carbocycles. The zero-order valence-corrected chi connectivity index (χ0v) is 26.9. The summed E-state index contributed by atoms with van der Waals surface area (Å²) in [5.74, 6) is 0.468. The van der Waals surface area contributed by atoms with Gasteiger partial charge in [0.1, 0.15) is 10.3 Å². The molecule has 4 heterocycles. The highest BCUT2D eigenvalue weighted by atomic mass is 32.1. The average Bonchev–Trinajstić information content (AvgIpc) is 3.55. The Morgan fingerprint density at radius 3 is 2.56 bits per heavy atom. The fourth-order valence-electron chi connectivity index (χ4n) is 6.70. The van der Waals surface area contributed by atoms with Crippen molar-refractivity contribution in [2.24, 2.45) is 11.3 Å². The Balaban J connectivity index is 1.22. The van der Waals surface area contributed by atoms with E-state index in [4.69, 9.17) is 9.97 Å². The Kier molecular flexibility index (Phi) is 8.41. The van der Waals surface area contributed by atoms with E-state index in [0.717, 1.165) is 102 Å². The van der Waals surface area contributed by atoms with E-state index in [9.17, 15) is 9.90 Å². The molecule has 2 aliphatic rings. The van der Waals surface area contributed by atoms with Gasteiger partial charge in [0, 0.05) is 36.6 Å². The number of H-pyrrole nitrogens is 1. The summed E-state index contributed by atoms with van der Waals surface area (Å²) in [6, 6.07) is 10.5. The van der Waals surface area contributed by atoms with Gasteiger partial charge in [-0.05, 0) is 86.5 Å². The SMILES string of the molecule is Cc1n[nH]c(C)c1-c1ccc([C@@H](CCN2CCC(O)CC2)NC(=O)c2nc3cc4c(nc3s2)CC[C@H](C(C)(C)C)C4)cc1. The first-order valence-electron chi connectivity index (χ1n) is 15.7. The molecule has 0 saturated carbocycles. The van der Waals surface area contributed by atoms with E-state index in [2.05, 4.69) is 71.5 Å². The number of pyridine rings is 1. The van der Waals surface area contributed by atoms with E-state index in [1.54, 1.807) is 0 Å². The Labute approximate surface area is 258 Å². The molecule has 228 valence electrons. The van der Waals surface area contributed by atoms with E-state index in [0.29, 0.717) is 10.9 Å². The number of carbonyl (C=O) groups is 1. The number of nitrogens with one attached hydrogen (secondary N) is 2. The van der Waals surface area contributed by atoms with Gasteiger partial charge in [-0.2, -0.15) is 5.10 Å². The van der Waals surface area contributed by atoms with Crippen molar-refractivity contribution >= 4 is 27.6 Å². The molecule has 4 aromatic rings. The monoisotopic (exact) mass is 600 g/mol. The second kappa shape index (κ2) is 12.1. The first-order chi connectivity index (χ1) is 20.5. The van der Waals surface area contributed by atoms with Crippen LogP contribution in [-0.2, 0) is 12.8 Å². The predicted octanol–water partition coefficient (Wildman–Crippen LogP) is 6.17. The number of aromatic nitrogens is 4. The number of thiazole rings is 1.